The Hall–Kier alpha value is -1.73. The second-order valence-corrected chi connectivity index (χ2v) is 5.27. The van der Waals surface area contributed by atoms with Crippen LogP contribution >= 0.6 is 0 Å². The molecule has 0 bridgehead atoms. The van der Waals surface area contributed by atoms with E-state index in [1.54, 1.807) is 10.9 Å². The topological polar surface area (TPSA) is 79.1 Å². The molecule has 0 spiro atoms. The second-order valence-electron chi connectivity index (χ2n) is 5.27. The molecule has 2 rings (SSSR count). The van der Waals surface area contributed by atoms with Crippen molar-refractivity contribution in [3.8, 4) is 0 Å². The number of anilines is 1. The molecule has 0 radical (unpaired) electrons. The first-order chi connectivity index (χ1) is 10.2. The Kier molecular flexibility index (Phi) is 5.46. The maximum absolute atomic E-state index is 8.78. The van der Waals surface area contributed by atoms with Gasteiger partial charge in [0.15, 0.2) is 5.65 Å². The molecule has 2 aromatic rings. The van der Waals surface area contributed by atoms with Crippen LogP contribution in [0.5, 0.6) is 0 Å². The number of rotatable bonds is 8. The van der Waals surface area contributed by atoms with Gasteiger partial charge in [0.2, 0.25) is 0 Å². The summed E-state index contributed by atoms with van der Waals surface area (Å²) in [6.07, 6.45) is 4.77. The van der Waals surface area contributed by atoms with Crippen LogP contribution < -0.4 is 5.32 Å². The minimum Gasteiger partial charge on any atom is -0.396 e. The molecule has 0 saturated carbocycles. The fourth-order valence-corrected chi connectivity index (χ4v) is 2.32. The van der Waals surface area contributed by atoms with E-state index in [0.29, 0.717) is 6.54 Å². The van der Waals surface area contributed by atoms with Crippen molar-refractivity contribution in [2.24, 2.45) is 7.05 Å². The molecule has 2 aromatic heterocycles. The SMILES string of the molecule is CNc1nc(CN(C)CCCCCO)nc2c1cnn2C. The molecule has 116 valence electrons. The van der Waals surface area contributed by atoms with Crippen molar-refractivity contribution in [1.29, 1.82) is 0 Å². The van der Waals surface area contributed by atoms with Crippen LogP contribution in [0.25, 0.3) is 11.0 Å². The van der Waals surface area contributed by atoms with Crippen molar-refractivity contribution in [2.75, 3.05) is 32.6 Å². The zero-order valence-electron chi connectivity index (χ0n) is 13.0. The molecule has 0 aliphatic heterocycles. The molecule has 0 aromatic carbocycles. The Balaban J connectivity index is 2.05. The summed E-state index contributed by atoms with van der Waals surface area (Å²) in [4.78, 5) is 11.4. The third kappa shape index (κ3) is 3.89. The summed E-state index contributed by atoms with van der Waals surface area (Å²) in [6.45, 7) is 1.95. The minimum absolute atomic E-state index is 0.273. The molecule has 0 saturated heterocycles. The number of aliphatic hydroxyl groups is 1. The molecular formula is C14H24N6O. The summed E-state index contributed by atoms with van der Waals surface area (Å²) in [7, 11) is 5.81. The first-order valence-electron chi connectivity index (χ1n) is 7.31. The number of aromatic nitrogens is 4. The maximum Gasteiger partial charge on any atom is 0.163 e. The van der Waals surface area contributed by atoms with Gasteiger partial charge in [-0.2, -0.15) is 5.10 Å². The predicted molar refractivity (Wildman–Crippen MR) is 83.1 cm³/mol. The van der Waals surface area contributed by atoms with Gasteiger partial charge in [-0.1, -0.05) is 0 Å². The van der Waals surface area contributed by atoms with E-state index in [9.17, 15) is 0 Å². The lowest BCUT2D eigenvalue weighted by Gasteiger charge is -2.16. The van der Waals surface area contributed by atoms with Gasteiger partial charge in [0, 0.05) is 20.7 Å². The normalized spacial score (nSPS) is 11.5. The van der Waals surface area contributed by atoms with Crippen molar-refractivity contribution in [3.63, 3.8) is 0 Å². The molecule has 0 unspecified atom stereocenters. The van der Waals surface area contributed by atoms with Crippen LogP contribution in [0.1, 0.15) is 25.1 Å². The number of hydrogen-bond donors (Lipinski definition) is 2. The smallest absolute Gasteiger partial charge is 0.163 e. The van der Waals surface area contributed by atoms with Gasteiger partial charge < -0.3 is 10.4 Å². The highest BCUT2D eigenvalue weighted by Gasteiger charge is 2.11. The van der Waals surface area contributed by atoms with E-state index < -0.39 is 0 Å². The second kappa shape index (κ2) is 7.33. The molecular weight excluding hydrogens is 268 g/mol. The van der Waals surface area contributed by atoms with Gasteiger partial charge in [0.1, 0.15) is 11.6 Å². The van der Waals surface area contributed by atoms with Crippen molar-refractivity contribution in [2.45, 2.75) is 25.8 Å². The quantitative estimate of drug-likeness (QED) is 0.707. The molecule has 0 aliphatic rings. The van der Waals surface area contributed by atoms with Crippen LogP contribution in [-0.2, 0) is 13.6 Å². The highest BCUT2D eigenvalue weighted by Crippen LogP contribution is 2.19. The number of aliphatic hydroxyl groups excluding tert-OH is 1. The molecule has 2 N–H and O–H groups in total. The zero-order chi connectivity index (χ0) is 15.2. The summed E-state index contributed by atoms with van der Waals surface area (Å²) in [5.41, 5.74) is 0.845. The first-order valence-corrected chi connectivity index (χ1v) is 7.31. The van der Waals surface area contributed by atoms with Crippen molar-refractivity contribution in [3.05, 3.63) is 12.0 Å². The van der Waals surface area contributed by atoms with Crippen molar-refractivity contribution in [1.82, 2.24) is 24.6 Å². The van der Waals surface area contributed by atoms with Crippen LogP contribution in [0.4, 0.5) is 5.82 Å². The zero-order valence-corrected chi connectivity index (χ0v) is 13.0. The average molecular weight is 292 g/mol. The highest BCUT2D eigenvalue weighted by atomic mass is 16.2. The number of nitrogens with zero attached hydrogens (tertiary/aromatic N) is 5. The van der Waals surface area contributed by atoms with Gasteiger partial charge in [-0.15, -0.1) is 0 Å². The largest absolute Gasteiger partial charge is 0.396 e. The van der Waals surface area contributed by atoms with E-state index in [2.05, 4.69) is 32.3 Å². The van der Waals surface area contributed by atoms with Gasteiger partial charge in [0.25, 0.3) is 0 Å². The first kappa shape index (κ1) is 15.7. The molecule has 7 heteroatoms. The van der Waals surface area contributed by atoms with Crippen LogP contribution in [0.2, 0.25) is 0 Å². The van der Waals surface area contributed by atoms with Crippen LogP contribution in [0.15, 0.2) is 6.20 Å². The minimum atomic E-state index is 0.273. The summed E-state index contributed by atoms with van der Waals surface area (Å²) >= 11 is 0. The number of fused-ring (bicyclic) bond motifs is 1. The Morgan fingerprint density at radius 1 is 1.29 bits per heavy atom. The van der Waals surface area contributed by atoms with E-state index in [0.717, 1.165) is 48.5 Å². The van der Waals surface area contributed by atoms with Gasteiger partial charge in [-0.05, 0) is 32.9 Å². The predicted octanol–water partition coefficient (Wildman–Crippen LogP) is 0.999. The molecule has 0 fully saturated rings. The molecule has 0 amide bonds. The fraction of sp³-hybridized carbons (Fsp3) is 0.643. The van der Waals surface area contributed by atoms with E-state index in [1.165, 1.54) is 0 Å². The van der Waals surface area contributed by atoms with Crippen LogP contribution in [0, 0.1) is 0 Å². The number of aryl methyl sites for hydroxylation is 1. The van der Waals surface area contributed by atoms with Gasteiger partial charge in [-0.3, -0.25) is 9.58 Å². The third-order valence-electron chi connectivity index (χ3n) is 3.48. The Morgan fingerprint density at radius 2 is 2.10 bits per heavy atom. The molecule has 0 aliphatic carbocycles. The lowest BCUT2D eigenvalue weighted by atomic mass is 10.2. The van der Waals surface area contributed by atoms with Crippen molar-refractivity contribution >= 4 is 16.9 Å². The van der Waals surface area contributed by atoms with Crippen molar-refractivity contribution < 1.29 is 5.11 Å². The highest BCUT2D eigenvalue weighted by molar-refractivity contribution is 5.86. The van der Waals surface area contributed by atoms with Gasteiger partial charge in [-0.25, -0.2) is 9.97 Å². The Bertz CT molecular complexity index is 582. The Morgan fingerprint density at radius 3 is 2.81 bits per heavy atom. The van der Waals surface area contributed by atoms with Crippen LogP contribution in [-0.4, -0.2) is 57.0 Å². The van der Waals surface area contributed by atoms with E-state index in [1.807, 2.05) is 14.1 Å². The lowest BCUT2D eigenvalue weighted by Crippen LogP contribution is -2.21. The monoisotopic (exact) mass is 292 g/mol. The van der Waals surface area contributed by atoms with Gasteiger partial charge in [0.05, 0.1) is 18.1 Å². The third-order valence-corrected chi connectivity index (χ3v) is 3.48. The summed E-state index contributed by atoms with van der Waals surface area (Å²) in [5.74, 6) is 1.61. The van der Waals surface area contributed by atoms with Gasteiger partial charge >= 0.3 is 0 Å². The molecule has 0 atom stereocenters. The maximum atomic E-state index is 8.78. The van der Waals surface area contributed by atoms with E-state index in [4.69, 9.17) is 5.11 Å². The molecule has 2 heterocycles. The number of hydrogen-bond acceptors (Lipinski definition) is 6. The van der Waals surface area contributed by atoms with E-state index >= 15 is 0 Å². The Labute approximate surface area is 125 Å². The molecule has 21 heavy (non-hydrogen) atoms. The number of unbranched alkanes of at least 4 members (excludes halogenated alkanes) is 2. The lowest BCUT2D eigenvalue weighted by molar-refractivity contribution is 0.269. The summed E-state index contributed by atoms with van der Waals surface area (Å²) in [5, 5.41) is 17.1. The number of nitrogens with one attached hydrogen (secondary N) is 1. The summed E-state index contributed by atoms with van der Waals surface area (Å²) < 4.78 is 1.77. The van der Waals surface area contributed by atoms with Crippen LogP contribution in [0.3, 0.4) is 0 Å². The average Bonchev–Trinajstić information content (AvgIpc) is 2.84. The fourth-order valence-electron chi connectivity index (χ4n) is 2.32. The molecule has 7 nitrogen and oxygen atoms in total. The standard InChI is InChI=1S/C14H24N6O/c1-15-13-11-9-16-20(3)14(11)18-12(17-13)10-19(2)7-5-4-6-8-21/h9,21H,4-8,10H2,1-3H3,(H,15,17,18). The summed E-state index contributed by atoms with van der Waals surface area (Å²) in [6, 6.07) is 0. The van der Waals surface area contributed by atoms with E-state index in [-0.39, 0.29) is 6.61 Å².